The Morgan fingerprint density at radius 1 is 1.35 bits per heavy atom. The van der Waals surface area contributed by atoms with Crippen molar-refractivity contribution in [2.75, 3.05) is 0 Å². The van der Waals surface area contributed by atoms with E-state index in [2.05, 4.69) is 29.4 Å². The molecule has 94 valence electrons. The normalized spacial score (nSPS) is 25.1. The van der Waals surface area contributed by atoms with Crippen molar-refractivity contribution in [2.45, 2.75) is 52.1 Å². The molecule has 1 saturated carbocycles. The summed E-state index contributed by atoms with van der Waals surface area (Å²) in [7, 11) is 0. The van der Waals surface area contributed by atoms with E-state index in [1.54, 1.807) is 6.20 Å². The van der Waals surface area contributed by atoms with Crippen LogP contribution < -0.4 is 5.32 Å². The van der Waals surface area contributed by atoms with Gasteiger partial charge < -0.3 is 5.32 Å². The van der Waals surface area contributed by atoms with Crippen molar-refractivity contribution in [3.63, 3.8) is 0 Å². The van der Waals surface area contributed by atoms with E-state index in [9.17, 15) is 0 Å². The highest BCUT2D eigenvalue weighted by Crippen LogP contribution is 2.30. The first-order chi connectivity index (χ1) is 8.27. The summed E-state index contributed by atoms with van der Waals surface area (Å²) in [6, 6.07) is 4.64. The first-order valence-electron chi connectivity index (χ1n) is 6.77. The molecule has 1 aromatic rings. The van der Waals surface area contributed by atoms with Gasteiger partial charge in [-0.25, -0.2) is 0 Å². The van der Waals surface area contributed by atoms with E-state index in [1.807, 2.05) is 12.1 Å². The highest BCUT2D eigenvalue weighted by Gasteiger charge is 2.26. The predicted molar refractivity (Wildman–Crippen MR) is 69.5 cm³/mol. The smallest absolute Gasteiger partial charge is 0.0769 e. The number of hydrogen-bond acceptors (Lipinski definition) is 3. The summed E-state index contributed by atoms with van der Waals surface area (Å²) in [6.07, 6.45) is 7.16. The molecule has 0 radical (unpaired) electrons. The van der Waals surface area contributed by atoms with Crippen molar-refractivity contribution in [1.82, 2.24) is 15.5 Å². The van der Waals surface area contributed by atoms with Crippen molar-refractivity contribution in [1.29, 1.82) is 0 Å². The van der Waals surface area contributed by atoms with Crippen LogP contribution in [0.3, 0.4) is 0 Å². The van der Waals surface area contributed by atoms with E-state index in [4.69, 9.17) is 0 Å². The van der Waals surface area contributed by atoms with Crippen LogP contribution in [-0.4, -0.2) is 16.2 Å². The number of nitrogens with zero attached hydrogens (tertiary/aromatic N) is 2. The maximum atomic E-state index is 4.12. The SMILES string of the molecule is CC(C)C1CCCCC1NCc1cccnn1. The van der Waals surface area contributed by atoms with Gasteiger partial charge in [0.1, 0.15) is 0 Å². The number of nitrogens with one attached hydrogen (secondary N) is 1. The summed E-state index contributed by atoms with van der Waals surface area (Å²) in [4.78, 5) is 0. The molecular formula is C14H23N3. The van der Waals surface area contributed by atoms with Crippen LogP contribution in [0.15, 0.2) is 18.3 Å². The lowest BCUT2D eigenvalue weighted by molar-refractivity contribution is 0.204. The van der Waals surface area contributed by atoms with Gasteiger partial charge in [0.25, 0.3) is 0 Å². The summed E-state index contributed by atoms with van der Waals surface area (Å²) in [5.41, 5.74) is 1.04. The standard InChI is InChI=1S/C14H23N3/c1-11(2)13-7-3-4-8-14(13)15-10-12-6-5-9-16-17-12/h5-6,9,11,13-15H,3-4,7-8,10H2,1-2H3. The van der Waals surface area contributed by atoms with Crippen molar-refractivity contribution < 1.29 is 0 Å². The molecule has 1 aliphatic rings. The van der Waals surface area contributed by atoms with Gasteiger partial charge in [-0.2, -0.15) is 10.2 Å². The fourth-order valence-corrected chi connectivity index (χ4v) is 2.87. The first-order valence-corrected chi connectivity index (χ1v) is 6.77. The molecule has 0 amide bonds. The van der Waals surface area contributed by atoms with Crippen molar-refractivity contribution in [3.8, 4) is 0 Å². The Bertz CT molecular complexity index is 323. The molecule has 17 heavy (non-hydrogen) atoms. The lowest BCUT2D eigenvalue weighted by Gasteiger charge is -2.35. The Morgan fingerprint density at radius 3 is 2.88 bits per heavy atom. The average molecular weight is 233 g/mol. The van der Waals surface area contributed by atoms with Gasteiger partial charge in [0, 0.05) is 18.8 Å². The van der Waals surface area contributed by atoms with Crippen LogP contribution in [0.5, 0.6) is 0 Å². The van der Waals surface area contributed by atoms with Gasteiger partial charge in [0.15, 0.2) is 0 Å². The molecule has 2 unspecified atom stereocenters. The van der Waals surface area contributed by atoms with Gasteiger partial charge in [-0.1, -0.05) is 26.7 Å². The monoisotopic (exact) mass is 233 g/mol. The van der Waals surface area contributed by atoms with Crippen LogP contribution in [0.4, 0.5) is 0 Å². The average Bonchev–Trinajstić information content (AvgIpc) is 2.38. The molecule has 0 aliphatic heterocycles. The fraction of sp³-hybridized carbons (Fsp3) is 0.714. The molecule has 1 aliphatic carbocycles. The molecule has 1 fully saturated rings. The molecule has 1 N–H and O–H groups in total. The van der Waals surface area contributed by atoms with E-state index in [-0.39, 0.29) is 0 Å². The molecule has 3 nitrogen and oxygen atoms in total. The van der Waals surface area contributed by atoms with Gasteiger partial charge >= 0.3 is 0 Å². The number of hydrogen-bond donors (Lipinski definition) is 1. The minimum Gasteiger partial charge on any atom is -0.308 e. The fourth-order valence-electron chi connectivity index (χ4n) is 2.87. The second-order valence-electron chi connectivity index (χ2n) is 5.39. The van der Waals surface area contributed by atoms with Crippen LogP contribution in [0.25, 0.3) is 0 Å². The maximum Gasteiger partial charge on any atom is 0.0769 e. The Hall–Kier alpha value is -0.960. The van der Waals surface area contributed by atoms with Gasteiger partial charge in [0.05, 0.1) is 5.69 Å². The summed E-state index contributed by atoms with van der Waals surface area (Å²) < 4.78 is 0. The summed E-state index contributed by atoms with van der Waals surface area (Å²) >= 11 is 0. The van der Waals surface area contributed by atoms with Crippen LogP contribution in [0.1, 0.15) is 45.2 Å². The third-order valence-electron chi connectivity index (χ3n) is 3.85. The van der Waals surface area contributed by atoms with Crippen LogP contribution in [-0.2, 0) is 6.54 Å². The van der Waals surface area contributed by atoms with Crippen LogP contribution in [0, 0.1) is 11.8 Å². The lowest BCUT2D eigenvalue weighted by Crippen LogP contribution is -2.40. The Kier molecular flexibility index (Phi) is 4.49. The number of rotatable bonds is 4. The minimum absolute atomic E-state index is 0.658. The van der Waals surface area contributed by atoms with Crippen molar-refractivity contribution in [2.24, 2.45) is 11.8 Å². The highest BCUT2D eigenvalue weighted by molar-refractivity contribution is 4.99. The summed E-state index contributed by atoms with van der Waals surface area (Å²) in [6.45, 7) is 5.53. The van der Waals surface area contributed by atoms with Gasteiger partial charge in [-0.15, -0.1) is 0 Å². The second kappa shape index (κ2) is 6.10. The summed E-state index contributed by atoms with van der Waals surface area (Å²) in [5, 5.41) is 11.7. The van der Waals surface area contributed by atoms with Crippen molar-refractivity contribution >= 4 is 0 Å². The Morgan fingerprint density at radius 2 is 2.18 bits per heavy atom. The molecule has 3 heteroatoms. The molecule has 0 spiro atoms. The predicted octanol–water partition coefficient (Wildman–Crippen LogP) is 2.78. The third-order valence-corrected chi connectivity index (χ3v) is 3.85. The van der Waals surface area contributed by atoms with Crippen LogP contribution in [0.2, 0.25) is 0 Å². The molecule has 2 rings (SSSR count). The van der Waals surface area contributed by atoms with Crippen LogP contribution >= 0.6 is 0 Å². The number of aromatic nitrogens is 2. The Balaban J connectivity index is 1.88. The quantitative estimate of drug-likeness (QED) is 0.869. The van der Waals surface area contributed by atoms with E-state index < -0.39 is 0 Å². The second-order valence-corrected chi connectivity index (χ2v) is 5.39. The van der Waals surface area contributed by atoms with Gasteiger partial charge in [0.2, 0.25) is 0 Å². The Labute approximate surface area is 104 Å². The maximum absolute atomic E-state index is 4.12. The molecule has 0 aromatic carbocycles. The van der Waals surface area contributed by atoms with Gasteiger partial charge in [-0.3, -0.25) is 0 Å². The molecular weight excluding hydrogens is 210 g/mol. The zero-order valence-electron chi connectivity index (χ0n) is 10.9. The molecule has 0 saturated heterocycles. The third kappa shape index (κ3) is 3.50. The molecule has 0 bridgehead atoms. The topological polar surface area (TPSA) is 37.8 Å². The molecule has 1 heterocycles. The lowest BCUT2D eigenvalue weighted by atomic mass is 9.78. The van der Waals surface area contributed by atoms with E-state index >= 15 is 0 Å². The highest BCUT2D eigenvalue weighted by atomic mass is 15.1. The largest absolute Gasteiger partial charge is 0.308 e. The molecule has 2 atom stereocenters. The van der Waals surface area contributed by atoms with E-state index in [0.717, 1.165) is 24.1 Å². The van der Waals surface area contributed by atoms with Crippen molar-refractivity contribution in [3.05, 3.63) is 24.0 Å². The zero-order valence-corrected chi connectivity index (χ0v) is 10.9. The first kappa shape index (κ1) is 12.5. The summed E-state index contributed by atoms with van der Waals surface area (Å²) in [5.74, 6) is 1.59. The van der Waals surface area contributed by atoms with E-state index in [0.29, 0.717) is 6.04 Å². The van der Waals surface area contributed by atoms with E-state index in [1.165, 1.54) is 25.7 Å². The van der Waals surface area contributed by atoms with Gasteiger partial charge in [-0.05, 0) is 36.8 Å². The molecule has 1 aromatic heterocycles. The minimum atomic E-state index is 0.658. The zero-order chi connectivity index (χ0) is 12.1.